The van der Waals surface area contributed by atoms with Crippen molar-refractivity contribution in [2.24, 2.45) is 0 Å². The van der Waals surface area contributed by atoms with Gasteiger partial charge in [0.25, 0.3) is 11.6 Å². The Morgan fingerprint density at radius 2 is 1.75 bits per heavy atom. The van der Waals surface area contributed by atoms with Crippen LogP contribution in [0.1, 0.15) is 5.56 Å². The molecule has 0 fully saturated rings. The third kappa shape index (κ3) is 6.27. The van der Waals surface area contributed by atoms with Gasteiger partial charge in [0.1, 0.15) is 5.75 Å². The van der Waals surface area contributed by atoms with Crippen LogP contribution in [-0.2, 0) is 20.5 Å². The first kappa shape index (κ1) is 20.7. The molecule has 8 nitrogen and oxygen atoms in total. The van der Waals surface area contributed by atoms with Gasteiger partial charge in [-0.3, -0.25) is 14.9 Å². The highest BCUT2D eigenvalue weighted by atomic mass is 19.4. The van der Waals surface area contributed by atoms with Crippen molar-refractivity contribution in [1.82, 2.24) is 0 Å². The summed E-state index contributed by atoms with van der Waals surface area (Å²) in [7, 11) is 0. The van der Waals surface area contributed by atoms with E-state index < -0.39 is 41.8 Å². The highest BCUT2D eigenvalue weighted by Gasteiger charge is 2.30. The highest BCUT2D eigenvalue weighted by molar-refractivity contribution is 5.92. The van der Waals surface area contributed by atoms with Gasteiger partial charge in [-0.2, -0.15) is 13.2 Å². The van der Waals surface area contributed by atoms with Gasteiger partial charge in [0, 0.05) is 17.8 Å². The predicted octanol–water partition coefficient (Wildman–Crippen LogP) is 3.17. The number of hydrogen-bond acceptors (Lipinski definition) is 6. The second kappa shape index (κ2) is 8.84. The second-order valence-electron chi connectivity index (χ2n) is 5.33. The summed E-state index contributed by atoms with van der Waals surface area (Å²) in [5.74, 6) is -1.56. The molecule has 0 bridgehead atoms. The molecule has 0 spiro atoms. The average Bonchev–Trinajstić information content (AvgIpc) is 2.64. The standard InChI is InChI=1S/C17H13F3N2O6/c18-17(19,20)11-2-1-3-12(8-11)21-15(23)9-28-16(24)10-27-14-6-4-13(5-7-14)22(25)26/h1-8H,9-10H2,(H,21,23). The van der Waals surface area contributed by atoms with Gasteiger partial charge in [0.15, 0.2) is 13.2 Å². The number of rotatable bonds is 7. The number of anilines is 1. The number of alkyl halides is 3. The van der Waals surface area contributed by atoms with E-state index in [0.717, 1.165) is 18.2 Å². The van der Waals surface area contributed by atoms with Crippen LogP contribution in [0.3, 0.4) is 0 Å². The molecule has 148 valence electrons. The van der Waals surface area contributed by atoms with E-state index in [1.165, 1.54) is 30.3 Å². The number of esters is 1. The molecule has 0 heterocycles. The predicted molar refractivity (Wildman–Crippen MR) is 89.6 cm³/mol. The van der Waals surface area contributed by atoms with Crippen molar-refractivity contribution in [3.8, 4) is 5.75 Å². The first-order valence-corrected chi connectivity index (χ1v) is 7.65. The van der Waals surface area contributed by atoms with E-state index in [1.54, 1.807) is 0 Å². The zero-order valence-corrected chi connectivity index (χ0v) is 14.1. The Kier molecular flexibility index (Phi) is 6.53. The molecule has 0 radical (unpaired) electrons. The smallest absolute Gasteiger partial charge is 0.416 e. The molecular formula is C17H13F3N2O6. The lowest BCUT2D eigenvalue weighted by Crippen LogP contribution is -2.23. The Morgan fingerprint density at radius 3 is 2.36 bits per heavy atom. The first-order chi connectivity index (χ1) is 13.1. The van der Waals surface area contributed by atoms with Crippen molar-refractivity contribution < 1.29 is 37.2 Å². The number of benzene rings is 2. The molecule has 2 aromatic carbocycles. The van der Waals surface area contributed by atoms with Crippen molar-refractivity contribution in [1.29, 1.82) is 0 Å². The van der Waals surface area contributed by atoms with Crippen LogP contribution in [-0.4, -0.2) is 30.0 Å². The van der Waals surface area contributed by atoms with Crippen LogP contribution < -0.4 is 10.1 Å². The number of halogens is 3. The summed E-state index contributed by atoms with van der Waals surface area (Å²) >= 11 is 0. The molecular weight excluding hydrogens is 385 g/mol. The van der Waals surface area contributed by atoms with Gasteiger partial charge in [-0.1, -0.05) is 6.07 Å². The molecule has 1 amide bonds. The largest absolute Gasteiger partial charge is 0.482 e. The summed E-state index contributed by atoms with van der Waals surface area (Å²) in [4.78, 5) is 33.2. The van der Waals surface area contributed by atoms with Gasteiger partial charge in [-0.05, 0) is 30.3 Å². The van der Waals surface area contributed by atoms with Crippen molar-refractivity contribution >= 4 is 23.3 Å². The maximum absolute atomic E-state index is 12.6. The minimum atomic E-state index is -4.55. The van der Waals surface area contributed by atoms with Crippen LogP contribution >= 0.6 is 0 Å². The number of hydrogen-bond donors (Lipinski definition) is 1. The molecule has 0 atom stereocenters. The fourth-order valence-corrected chi connectivity index (χ4v) is 1.96. The number of non-ortho nitro benzene ring substituents is 1. The fraction of sp³-hybridized carbons (Fsp3) is 0.176. The molecule has 0 aromatic heterocycles. The monoisotopic (exact) mass is 398 g/mol. The lowest BCUT2D eigenvalue weighted by atomic mass is 10.2. The van der Waals surface area contributed by atoms with Crippen LogP contribution in [0.5, 0.6) is 5.75 Å². The fourth-order valence-electron chi connectivity index (χ4n) is 1.96. The van der Waals surface area contributed by atoms with Crippen LogP contribution in [0, 0.1) is 10.1 Å². The quantitative estimate of drug-likeness (QED) is 0.436. The summed E-state index contributed by atoms with van der Waals surface area (Å²) in [5.41, 5.74) is -1.18. The third-order valence-electron chi connectivity index (χ3n) is 3.24. The van der Waals surface area contributed by atoms with Gasteiger partial charge in [0.2, 0.25) is 0 Å². The number of carbonyl (C=O) groups is 2. The van der Waals surface area contributed by atoms with Gasteiger partial charge >= 0.3 is 12.1 Å². The lowest BCUT2D eigenvalue weighted by molar-refractivity contribution is -0.384. The summed E-state index contributed by atoms with van der Waals surface area (Å²) < 4.78 is 47.6. The van der Waals surface area contributed by atoms with Crippen molar-refractivity contribution in [2.45, 2.75) is 6.18 Å². The van der Waals surface area contributed by atoms with Crippen molar-refractivity contribution in [2.75, 3.05) is 18.5 Å². The number of nitro groups is 1. The maximum Gasteiger partial charge on any atom is 0.416 e. The average molecular weight is 398 g/mol. The maximum atomic E-state index is 12.6. The van der Waals surface area contributed by atoms with E-state index in [1.807, 2.05) is 0 Å². The molecule has 28 heavy (non-hydrogen) atoms. The zero-order chi connectivity index (χ0) is 20.7. The molecule has 0 saturated carbocycles. The SMILES string of the molecule is O=C(COC(=O)COc1ccc([N+](=O)[O-])cc1)Nc1cccc(C(F)(F)F)c1. The van der Waals surface area contributed by atoms with E-state index in [0.29, 0.717) is 0 Å². The van der Waals surface area contributed by atoms with Crippen molar-refractivity contribution in [3.05, 3.63) is 64.2 Å². The Hall–Kier alpha value is -3.63. The molecule has 1 N–H and O–H groups in total. The van der Waals surface area contributed by atoms with Gasteiger partial charge < -0.3 is 14.8 Å². The number of nitro benzene ring substituents is 1. The molecule has 11 heteroatoms. The molecule has 2 aromatic rings. The van der Waals surface area contributed by atoms with Crippen LogP contribution in [0.2, 0.25) is 0 Å². The number of nitrogens with zero attached hydrogens (tertiary/aromatic N) is 1. The summed E-state index contributed by atoms with van der Waals surface area (Å²) in [6.45, 7) is -1.28. The normalized spacial score (nSPS) is 10.8. The van der Waals surface area contributed by atoms with E-state index in [4.69, 9.17) is 4.74 Å². The molecule has 0 aliphatic carbocycles. The molecule has 0 unspecified atom stereocenters. The number of ether oxygens (including phenoxy) is 2. The second-order valence-corrected chi connectivity index (χ2v) is 5.33. The highest BCUT2D eigenvalue weighted by Crippen LogP contribution is 2.30. The first-order valence-electron chi connectivity index (χ1n) is 7.65. The van der Waals surface area contributed by atoms with Crippen molar-refractivity contribution in [3.63, 3.8) is 0 Å². The third-order valence-corrected chi connectivity index (χ3v) is 3.24. The van der Waals surface area contributed by atoms with E-state index in [9.17, 15) is 32.9 Å². The van der Waals surface area contributed by atoms with E-state index in [2.05, 4.69) is 10.1 Å². The summed E-state index contributed by atoms with van der Waals surface area (Å²) in [6.07, 6.45) is -4.55. The van der Waals surface area contributed by atoms with Gasteiger partial charge in [-0.15, -0.1) is 0 Å². The van der Waals surface area contributed by atoms with Gasteiger partial charge in [0.05, 0.1) is 10.5 Å². The van der Waals surface area contributed by atoms with Crippen LogP contribution in [0.25, 0.3) is 0 Å². The Labute approximate surface area is 156 Å². The van der Waals surface area contributed by atoms with Crippen LogP contribution in [0.15, 0.2) is 48.5 Å². The Balaban J connectivity index is 1.78. The number of carbonyl (C=O) groups excluding carboxylic acids is 2. The minimum absolute atomic E-state index is 0.0991. The minimum Gasteiger partial charge on any atom is -0.482 e. The van der Waals surface area contributed by atoms with Gasteiger partial charge in [-0.25, -0.2) is 4.79 Å². The summed E-state index contributed by atoms with van der Waals surface area (Å²) in [5, 5.41) is 12.7. The molecule has 0 aliphatic heterocycles. The summed E-state index contributed by atoms with van der Waals surface area (Å²) in [6, 6.07) is 8.92. The topological polar surface area (TPSA) is 108 Å². The Bertz CT molecular complexity index is 868. The lowest BCUT2D eigenvalue weighted by Gasteiger charge is -2.10. The number of amides is 1. The number of nitrogens with one attached hydrogen (secondary N) is 1. The molecule has 0 aliphatic rings. The van der Waals surface area contributed by atoms with E-state index in [-0.39, 0.29) is 17.1 Å². The Morgan fingerprint density at radius 1 is 1.07 bits per heavy atom. The zero-order valence-electron chi connectivity index (χ0n) is 14.1. The van der Waals surface area contributed by atoms with Crippen LogP contribution in [0.4, 0.5) is 24.5 Å². The van der Waals surface area contributed by atoms with E-state index >= 15 is 0 Å². The molecule has 2 rings (SSSR count). The molecule has 0 saturated heterocycles.